The fourth-order valence-electron chi connectivity index (χ4n) is 4.75. The topological polar surface area (TPSA) is 78.0 Å². The minimum absolute atomic E-state index is 0.0920. The minimum Gasteiger partial charge on any atom is -0.465 e. The van der Waals surface area contributed by atoms with Crippen molar-refractivity contribution in [2.75, 3.05) is 34.4 Å². The van der Waals surface area contributed by atoms with Gasteiger partial charge in [-0.1, -0.05) is 49.6 Å². The maximum atomic E-state index is 12.9. The van der Waals surface area contributed by atoms with E-state index in [4.69, 9.17) is 14.2 Å². The fraction of sp³-hybridized carbons (Fsp3) is 0.519. The van der Waals surface area contributed by atoms with Crippen LogP contribution in [0, 0.1) is 6.92 Å². The van der Waals surface area contributed by atoms with E-state index in [0.717, 1.165) is 45.2 Å². The lowest BCUT2D eigenvalue weighted by Gasteiger charge is -2.27. The Labute approximate surface area is 202 Å². The highest BCUT2D eigenvalue weighted by Crippen LogP contribution is 2.38. The van der Waals surface area contributed by atoms with Gasteiger partial charge in [0.2, 0.25) is 0 Å². The average molecular weight is 469 g/mol. The van der Waals surface area contributed by atoms with Crippen LogP contribution in [0.4, 0.5) is 0 Å². The van der Waals surface area contributed by atoms with Crippen LogP contribution >= 0.6 is 0 Å². The molecule has 7 heteroatoms. The van der Waals surface area contributed by atoms with Crippen molar-refractivity contribution in [2.45, 2.75) is 58.1 Å². The number of esters is 2. The van der Waals surface area contributed by atoms with Gasteiger partial charge in [-0.25, -0.2) is 9.59 Å². The minimum atomic E-state index is -0.488. The van der Waals surface area contributed by atoms with Crippen LogP contribution in [0.5, 0.6) is 0 Å². The Balaban J connectivity index is 1.81. The van der Waals surface area contributed by atoms with Gasteiger partial charge in [0, 0.05) is 13.1 Å². The summed E-state index contributed by atoms with van der Waals surface area (Å²) in [6, 6.07) is 10.3. The zero-order valence-corrected chi connectivity index (χ0v) is 20.8. The van der Waals surface area contributed by atoms with E-state index in [1.165, 1.54) is 19.8 Å². The first kappa shape index (κ1) is 25.8. The van der Waals surface area contributed by atoms with Crippen LogP contribution < -0.4 is 0 Å². The van der Waals surface area contributed by atoms with E-state index in [-0.39, 0.29) is 12.5 Å². The molecule has 1 aliphatic carbocycles. The summed E-state index contributed by atoms with van der Waals surface area (Å²) in [7, 11) is 4.76. The summed E-state index contributed by atoms with van der Waals surface area (Å²) in [6.45, 7) is 4.01. The lowest BCUT2D eigenvalue weighted by Crippen LogP contribution is -2.24. The summed E-state index contributed by atoms with van der Waals surface area (Å²) in [5.41, 5.74) is 3.78. The van der Waals surface area contributed by atoms with Crippen molar-refractivity contribution >= 4 is 11.9 Å². The van der Waals surface area contributed by atoms with Crippen molar-refractivity contribution in [1.29, 1.82) is 0 Å². The SMILES string of the molecule is COC(=O)c1c(C)nc(COCCN(C)Cc2ccccc2)c(C(=O)OC)c1C1CCCCC1. The molecule has 3 rings (SSSR count). The van der Waals surface area contributed by atoms with Gasteiger partial charge in [0.25, 0.3) is 0 Å². The van der Waals surface area contributed by atoms with Crippen LogP contribution in [0.1, 0.15) is 81.3 Å². The highest BCUT2D eigenvalue weighted by atomic mass is 16.5. The van der Waals surface area contributed by atoms with Crippen molar-refractivity contribution in [3.8, 4) is 0 Å². The third-order valence-electron chi connectivity index (χ3n) is 6.44. The molecule has 0 unspecified atom stereocenters. The number of nitrogens with zero attached hydrogens (tertiary/aromatic N) is 2. The molecule has 7 nitrogen and oxygen atoms in total. The van der Waals surface area contributed by atoms with Crippen LogP contribution in [-0.4, -0.2) is 56.2 Å². The first-order chi connectivity index (χ1) is 16.5. The fourth-order valence-corrected chi connectivity index (χ4v) is 4.75. The molecule has 0 atom stereocenters. The van der Waals surface area contributed by atoms with E-state index in [0.29, 0.717) is 34.7 Å². The van der Waals surface area contributed by atoms with E-state index in [1.54, 1.807) is 6.92 Å². The summed E-state index contributed by atoms with van der Waals surface area (Å²) < 4.78 is 16.2. The Hall–Kier alpha value is -2.77. The quantitative estimate of drug-likeness (QED) is 0.371. The number of carbonyl (C=O) groups excluding carboxylic acids is 2. The molecule has 0 amide bonds. The molecule has 184 valence electrons. The second-order valence-corrected chi connectivity index (χ2v) is 8.90. The average Bonchev–Trinajstić information content (AvgIpc) is 2.86. The largest absolute Gasteiger partial charge is 0.465 e. The second kappa shape index (κ2) is 12.6. The van der Waals surface area contributed by atoms with E-state index in [2.05, 4.69) is 22.0 Å². The molecule has 1 aromatic heterocycles. The molecule has 0 radical (unpaired) electrons. The number of ether oxygens (including phenoxy) is 3. The van der Waals surface area contributed by atoms with Crippen LogP contribution in [0.3, 0.4) is 0 Å². The van der Waals surface area contributed by atoms with Crippen molar-refractivity contribution in [2.24, 2.45) is 0 Å². The van der Waals surface area contributed by atoms with E-state index in [1.807, 2.05) is 25.2 Å². The number of benzene rings is 1. The standard InChI is InChI=1S/C27H36N2O5/c1-19-23(26(30)32-3)24(21-13-9-6-10-14-21)25(27(31)33-4)22(28-19)18-34-16-15-29(2)17-20-11-7-5-8-12-20/h5,7-8,11-12,21H,6,9-10,13-18H2,1-4H3. The van der Waals surface area contributed by atoms with Gasteiger partial charge in [0.15, 0.2) is 0 Å². The van der Waals surface area contributed by atoms with Crippen LogP contribution in [0.15, 0.2) is 30.3 Å². The van der Waals surface area contributed by atoms with Gasteiger partial charge >= 0.3 is 11.9 Å². The Morgan fingerprint density at radius 3 is 2.29 bits per heavy atom. The Morgan fingerprint density at radius 1 is 1.00 bits per heavy atom. The van der Waals surface area contributed by atoms with E-state index >= 15 is 0 Å². The highest BCUT2D eigenvalue weighted by Gasteiger charge is 2.32. The predicted octanol–water partition coefficient (Wildman–Crippen LogP) is 4.66. The molecule has 1 fully saturated rings. The first-order valence-electron chi connectivity index (χ1n) is 12.0. The zero-order chi connectivity index (χ0) is 24.5. The molecule has 1 aliphatic rings. The van der Waals surface area contributed by atoms with Crippen LogP contribution in [-0.2, 0) is 27.4 Å². The van der Waals surface area contributed by atoms with E-state index in [9.17, 15) is 9.59 Å². The van der Waals surface area contributed by atoms with Gasteiger partial charge in [-0.15, -0.1) is 0 Å². The number of carbonyl (C=O) groups is 2. The Morgan fingerprint density at radius 2 is 1.65 bits per heavy atom. The smallest absolute Gasteiger partial charge is 0.340 e. The molecular weight excluding hydrogens is 432 g/mol. The van der Waals surface area contributed by atoms with Gasteiger partial charge in [0.05, 0.1) is 49.9 Å². The summed E-state index contributed by atoms with van der Waals surface area (Å²) in [4.78, 5) is 32.4. The van der Waals surface area contributed by atoms with Crippen molar-refractivity contribution in [3.63, 3.8) is 0 Å². The highest BCUT2D eigenvalue weighted by molar-refractivity contribution is 5.99. The number of methoxy groups -OCH3 is 2. The number of aryl methyl sites for hydroxylation is 1. The van der Waals surface area contributed by atoms with Gasteiger partial charge < -0.3 is 14.2 Å². The number of aromatic nitrogens is 1. The number of likely N-dealkylation sites (N-methyl/N-ethyl adjacent to an activating group) is 1. The van der Waals surface area contributed by atoms with Crippen molar-refractivity contribution in [1.82, 2.24) is 9.88 Å². The molecule has 2 aromatic rings. The lowest BCUT2D eigenvalue weighted by molar-refractivity contribution is 0.0580. The van der Waals surface area contributed by atoms with Crippen LogP contribution in [0.25, 0.3) is 0 Å². The van der Waals surface area contributed by atoms with Gasteiger partial charge in [-0.05, 0) is 43.9 Å². The zero-order valence-electron chi connectivity index (χ0n) is 20.8. The monoisotopic (exact) mass is 468 g/mol. The molecule has 0 spiro atoms. The summed E-state index contributed by atoms with van der Waals surface area (Å²) in [5, 5.41) is 0. The number of hydrogen-bond donors (Lipinski definition) is 0. The molecule has 0 N–H and O–H groups in total. The molecule has 0 aliphatic heterocycles. The molecular formula is C27H36N2O5. The van der Waals surface area contributed by atoms with Crippen molar-refractivity contribution in [3.05, 3.63) is 64.0 Å². The molecule has 0 saturated heterocycles. The van der Waals surface area contributed by atoms with Crippen LogP contribution in [0.2, 0.25) is 0 Å². The molecule has 1 heterocycles. The van der Waals surface area contributed by atoms with Gasteiger partial charge in [-0.2, -0.15) is 0 Å². The van der Waals surface area contributed by atoms with Gasteiger partial charge in [0.1, 0.15) is 0 Å². The summed E-state index contributed by atoms with van der Waals surface area (Å²) in [6.07, 6.45) is 5.12. The van der Waals surface area contributed by atoms with Gasteiger partial charge in [-0.3, -0.25) is 9.88 Å². The molecule has 34 heavy (non-hydrogen) atoms. The third-order valence-corrected chi connectivity index (χ3v) is 6.44. The molecule has 1 aromatic carbocycles. The third kappa shape index (κ3) is 6.42. The Bertz CT molecular complexity index is 971. The summed E-state index contributed by atoms with van der Waals surface area (Å²) in [5.74, 6) is -0.863. The second-order valence-electron chi connectivity index (χ2n) is 8.90. The van der Waals surface area contributed by atoms with Crippen molar-refractivity contribution < 1.29 is 23.8 Å². The Kier molecular flexibility index (Phi) is 9.60. The molecule has 1 saturated carbocycles. The van der Waals surface area contributed by atoms with E-state index < -0.39 is 11.9 Å². The summed E-state index contributed by atoms with van der Waals surface area (Å²) >= 11 is 0. The predicted molar refractivity (Wildman–Crippen MR) is 130 cm³/mol. The normalized spacial score (nSPS) is 14.3. The number of hydrogen-bond acceptors (Lipinski definition) is 7. The number of rotatable bonds is 10. The maximum absolute atomic E-state index is 12.9. The molecule has 0 bridgehead atoms. The first-order valence-corrected chi connectivity index (χ1v) is 12.0. The number of pyridine rings is 1. The maximum Gasteiger partial charge on any atom is 0.340 e. The lowest BCUT2D eigenvalue weighted by atomic mass is 9.79.